The third-order valence-corrected chi connectivity index (χ3v) is 9.68. The lowest BCUT2D eigenvalue weighted by atomic mass is 9.45. The highest BCUT2D eigenvalue weighted by Crippen LogP contribution is 2.66. The third kappa shape index (κ3) is 2.93. The van der Waals surface area contributed by atoms with Gasteiger partial charge in [-0.1, -0.05) is 38.8 Å². The van der Waals surface area contributed by atoms with Crippen molar-refractivity contribution in [2.24, 2.45) is 34.5 Å². The molecule has 0 aliphatic heterocycles. The molecule has 29 heavy (non-hydrogen) atoms. The molecule has 4 aliphatic rings. The molecule has 2 nitrogen and oxygen atoms in total. The average molecular weight is 393 g/mol. The highest BCUT2D eigenvalue weighted by Gasteiger charge is 2.60. The number of hydrogen-bond acceptors (Lipinski definition) is 2. The van der Waals surface area contributed by atoms with Gasteiger partial charge in [-0.3, -0.25) is 4.79 Å². The minimum Gasteiger partial charge on any atom is -0.497 e. The van der Waals surface area contributed by atoms with Crippen LogP contribution >= 0.6 is 0 Å². The smallest absolute Gasteiger partial charge is 0.165 e. The van der Waals surface area contributed by atoms with Gasteiger partial charge in [-0.15, -0.1) is 0 Å². The monoisotopic (exact) mass is 392 g/mol. The summed E-state index contributed by atoms with van der Waals surface area (Å²) in [7, 11) is 1.69. The first-order valence-corrected chi connectivity index (χ1v) is 11.8. The van der Waals surface area contributed by atoms with Gasteiger partial charge in [-0.25, -0.2) is 0 Å². The van der Waals surface area contributed by atoms with Crippen molar-refractivity contribution >= 4 is 11.9 Å². The number of benzene rings is 1. The molecule has 0 aromatic heterocycles. The van der Waals surface area contributed by atoms with Crippen molar-refractivity contribution in [2.75, 3.05) is 7.11 Å². The Bertz CT molecular complexity index is 821. The molecule has 0 spiro atoms. The Kier molecular flexibility index (Phi) is 4.68. The van der Waals surface area contributed by atoms with Gasteiger partial charge in [0.2, 0.25) is 0 Å². The molecule has 5 rings (SSSR count). The van der Waals surface area contributed by atoms with Crippen LogP contribution in [-0.2, 0) is 4.79 Å². The van der Waals surface area contributed by atoms with Crippen molar-refractivity contribution in [1.82, 2.24) is 0 Å². The van der Waals surface area contributed by atoms with Crippen LogP contribution in [-0.4, -0.2) is 12.9 Å². The van der Waals surface area contributed by atoms with Crippen LogP contribution in [0, 0.1) is 34.5 Å². The Balaban J connectivity index is 1.43. The molecule has 0 saturated heterocycles. The number of fused-ring (bicyclic) bond motifs is 5. The number of allylic oxidation sites excluding steroid dienone is 1. The number of ketones is 1. The van der Waals surface area contributed by atoms with E-state index in [1.807, 2.05) is 12.1 Å². The zero-order valence-corrected chi connectivity index (χ0v) is 18.4. The van der Waals surface area contributed by atoms with Crippen molar-refractivity contribution in [2.45, 2.75) is 71.6 Å². The molecule has 4 fully saturated rings. The van der Waals surface area contributed by atoms with Crippen LogP contribution in [0.3, 0.4) is 0 Å². The van der Waals surface area contributed by atoms with E-state index in [9.17, 15) is 4.79 Å². The normalized spacial score (nSPS) is 42.9. The van der Waals surface area contributed by atoms with Gasteiger partial charge in [0.1, 0.15) is 5.75 Å². The average Bonchev–Trinajstić information content (AvgIpc) is 2.99. The third-order valence-electron chi connectivity index (χ3n) is 9.68. The zero-order chi connectivity index (χ0) is 20.2. The maximum absolute atomic E-state index is 13.5. The van der Waals surface area contributed by atoms with Crippen LogP contribution in [0.2, 0.25) is 0 Å². The van der Waals surface area contributed by atoms with Gasteiger partial charge in [0.05, 0.1) is 7.11 Å². The molecule has 0 unspecified atom stereocenters. The van der Waals surface area contributed by atoms with Crippen LogP contribution in [0.25, 0.3) is 6.08 Å². The van der Waals surface area contributed by atoms with Crippen LogP contribution in [0.1, 0.15) is 77.2 Å². The molecule has 156 valence electrons. The van der Waals surface area contributed by atoms with Crippen molar-refractivity contribution in [1.29, 1.82) is 0 Å². The Hall–Kier alpha value is -1.57. The fourth-order valence-corrected chi connectivity index (χ4v) is 8.00. The van der Waals surface area contributed by atoms with E-state index in [-0.39, 0.29) is 5.41 Å². The summed E-state index contributed by atoms with van der Waals surface area (Å²) in [5.74, 6) is 4.39. The Morgan fingerprint density at radius 2 is 1.76 bits per heavy atom. The fourth-order valence-electron chi connectivity index (χ4n) is 8.00. The maximum Gasteiger partial charge on any atom is 0.165 e. The molecule has 0 bridgehead atoms. The van der Waals surface area contributed by atoms with Crippen molar-refractivity contribution in [3.05, 3.63) is 35.4 Å². The lowest BCUT2D eigenvalue weighted by molar-refractivity contribution is -0.137. The number of methoxy groups -OCH3 is 1. The first-order chi connectivity index (χ1) is 14.0. The summed E-state index contributed by atoms with van der Waals surface area (Å²) < 4.78 is 5.28. The van der Waals surface area contributed by atoms with Crippen LogP contribution in [0.15, 0.2) is 29.8 Å². The van der Waals surface area contributed by atoms with Crippen LogP contribution in [0.5, 0.6) is 5.75 Å². The second kappa shape index (κ2) is 7.00. The molecule has 1 aromatic carbocycles. The second-order valence-corrected chi connectivity index (χ2v) is 10.8. The van der Waals surface area contributed by atoms with Gasteiger partial charge >= 0.3 is 0 Å². The van der Waals surface area contributed by atoms with Crippen LogP contribution < -0.4 is 4.74 Å². The number of carbonyl (C=O) groups is 1. The molecule has 0 heterocycles. The fraction of sp³-hybridized carbons (Fsp3) is 0.667. The van der Waals surface area contributed by atoms with E-state index < -0.39 is 0 Å². The van der Waals surface area contributed by atoms with Crippen molar-refractivity contribution in [3.8, 4) is 5.75 Å². The Labute approximate surface area is 176 Å². The van der Waals surface area contributed by atoms with Crippen LogP contribution in [0.4, 0.5) is 0 Å². The first-order valence-electron chi connectivity index (χ1n) is 11.8. The summed E-state index contributed by atoms with van der Waals surface area (Å²) in [5.41, 5.74) is 2.60. The van der Waals surface area contributed by atoms with Gasteiger partial charge in [0, 0.05) is 5.41 Å². The molecule has 4 saturated carbocycles. The van der Waals surface area contributed by atoms with E-state index >= 15 is 0 Å². The number of rotatable bonds is 2. The van der Waals surface area contributed by atoms with Gasteiger partial charge < -0.3 is 4.74 Å². The quantitative estimate of drug-likeness (QED) is 0.524. The Morgan fingerprint density at radius 3 is 2.52 bits per heavy atom. The van der Waals surface area contributed by atoms with E-state index in [2.05, 4.69) is 32.1 Å². The van der Waals surface area contributed by atoms with E-state index in [4.69, 9.17) is 4.74 Å². The predicted octanol–water partition coefficient (Wildman–Crippen LogP) is 6.69. The number of hydrogen-bond donors (Lipinski definition) is 0. The molecule has 6 atom stereocenters. The standard InChI is InChI=1S/C27H36O2/c1-26-14-5-4-6-20(26)9-12-22-23(26)13-15-27(2)24(22)17-19(25(27)28)16-18-7-10-21(29-3)11-8-18/h7-8,10-11,16,20,22-24H,4-6,9,12-15,17H2,1-3H3/b19-16+/t20-,22+,23-,24+,26-,27+/m0/s1. The number of carbonyl (C=O) groups excluding carboxylic acids is 1. The highest BCUT2D eigenvalue weighted by molar-refractivity contribution is 6.05. The maximum atomic E-state index is 13.5. The minimum atomic E-state index is -0.128. The molecule has 1 aromatic rings. The molecule has 4 aliphatic carbocycles. The highest BCUT2D eigenvalue weighted by atomic mass is 16.5. The molecule has 0 amide bonds. The summed E-state index contributed by atoms with van der Waals surface area (Å²) in [4.78, 5) is 13.5. The topological polar surface area (TPSA) is 26.3 Å². The molecule has 0 N–H and O–H groups in total. The van der Waals surface area contributed by atoms with Gasteiger partial charge in [-0.2, -0.15) is 0 Å². The van der Waals surface area contributed by atoms with Crippen molar-refractivity contribution in [3.63, 3.8) is 0 Å². The zero-order valence-electron chi connectivity index (χ0n) is 18.4. The van der Waals surface area contributed by atoms with E-state index in [1.54, 1.807) is 7.11 Å². The van der Waals surface area contributed by atoms with Gasteiger partial charge in [0.15, 0.2) is 5.78 Å². The minimum absolute atomic E-state index is 0.128. The summed E-state index contributed by atoms with van der Waals surface area (Å²) in [5, 5.41) is 0. The first kappa shape index (κ1) is 19.4. The molecular weight excluding hydrogens is 356 g/mol. The van der Waals surface area contributed by atoms with E-state index in [0.29, 0.717) is 17.1 Å². The second-order valence-electron chi connectivity index (χ2n) is 10.8. The predicted molar refractivity (Wildman–Crippen MR) is 118 cm³/mol. The largest absolute Gasteiger partial charge is 0.497 e. The number of Topliss-reactive ketones (excluding diaryl/α,β-unsaturated/α-hetero) is 1. The SMILES string of the molecule is COc1ccc(/C=C2\C[C@@H]3[C@@H]4CC[C@@H]5CCCC[C@]5(C)[C@H]4CC[C@@]3(C)C2=O)cc1. The molecule has 0 radical (unpaired) electrons. The van der Waals surface area contributed by atoms with E-state index in [0.717, 1.165) is 47.5 Å². The van der Waals surface area contributed by atoms with Gasteiger partial charge in [-0.05, 0) is 103 Å². The van der Waals surface area contributed by atoms with Gasteiger partial charge in [0.25, 0.3) is 0 Å². The molecule has 2 heteroatoms. The molecular formula is C27H36O2. The Morgan fingerprint density at radius 1 is 0.966 bits per heavy atom. The van der Waals surface area contributed by atoms with E-state index in [1.165, 1.54) is 44.9 Å². The summed E-state index contributed by atoms with van der Waals surface area (Å²) in [6, 6.07) is 8.12. The summed E-state index contributed by atoms with van der Waals surface area (Å²) >= 11 is 0. The lowest BCUT2D eigenvalue weighted by Gasteiger charge is -2.59. The summed E-state index contributed by atoms with van der Waals surface area (Å²) in [6.07, 6.45) is 14.0. The lowest BCUT2D eigenvalue weighted by Crippen LogP contribution is -2.52. The summed E-state index contributed by atoms with van der Waals surface area (Å²) in [6.45, 7) is 4.90. The number of ether oxygens (including phenoxy) is 1. The van der Waals surface area contributed by atoms with Crippen molar-refractivity contribution < 1.29 is 9.53 Å².